The largest absolute Gasteiger partial charge is 0.493 e. The Hall–Kier alpha value is -1.11. The zero-order valence-electron chi connectivity index (χ0n) is 17.3. The average molecular weight is 465 g/mol. The number of fused-ring (bicyclic) bond motifs is 6. The monoisotopic (exact) mass is 464 g/mol. The summed E-state index contributed by atoms with van der Waals surface area (Å²) in [6.07, 6.45) is 5.46. The molecule has 0 N–H and O–H groups in total. The number of rotatable bonds is 2. The molecule has 6 heteroatoms. The van der Waals surface area contributed by atoms with E-state index in [2.05, 4.69) is 28.9 Å². The predicted octanol–water partition coefficient (Wildman–Crippen LogP) is 4.59. The lowest BCUT2D eigenvalue weighted by molar-refractivity contribution is -0.233. The molecule has 5 atom stereocenters. The Morgan fingerprint density at radius 1 is 1.21 bits per heavy atom. The van der Waals surface area contributed by atoms with Crippen molar-refractivity contribution >= 4 is 21.9 Å². The summed E-state index contributed by atoms with van der Waals surface area (Å²) in [5.41, 5.74) is 2.71. The van der Waals surface area contributed by atoms with E-state index in [1.807, 2.05) is 6.07 Å². The number of halogens is 1. The number of hydrogen-bond donors (Lipinski definition) is 0. The summed E-state index contributed by atoms with van der Waals surface area (Å²) in [7, 11) is 1.64. The number of esters is 1. The summed E-state index contributed by atoms with van der Waals surface area (Å²) in [4.78, 5) is 11.7. The van der Waals surface area contributed by atoms with Gasteiger partial charge in [0.1, 0.15) is 0 Å². The lowest BCUT2D eigenvalue weighted by atomic mass is 9.55. The molecule has 5 nitrogen and oxygen atoms in total. The van der Waals surface area contributed by atoms with Crippen LogP contribution in [0.5, 0.6) is 11.5 Å². The zero-order valence-corrected chi connectivity index (χ0v) is 18.9. The number of alkyl halides is 1. The van der Waals surface area contributed by atoms with E-state index in [-0.39, 0.29) is 16.2 Å². The second-order valence-corrected chi connectivity index (χ2v) is 10.3. The molecule has 0 amide bonds. The highest BCUT2D eigenvalue weighted by molar-refractivity contribution is 9.09. The Balaban J connectivity index is 1.50. The summed E-state index contributed by atoms with van der Waals surface area (Å²) < 4.78 is 23.5. The molecule has 3 fully saturated rings. The van der Waals surface area contributed by atoms with Crippen molar-refractivity contribution in [1.82, 2.24) is 0 Å². The Bertz CT molecular complexity index is 833. The van der Waals surface area contributed by atoms with Crippen LogP contribution in [0.2, 0.25) is 0 Å². The molecule has 0 radical (unpaired) electrons. The third-order valence-electron chi connectivity index (χ3n) is 8.04. The first kappa shape index (κ1) is 19.8. The van der Waals surface area contributed by atoms with Gasteiger partial charge in [-0.05, 0) is 73.1 Å². The summed E-state index contributed by atoms with van der Waals surface area (Å²) in [6, 6.07) is 4.14. The third-order valence-corrected chi connectivity index (χ3v) is 9.01. The first-order valence-electron chi connectivity index (χ1n) is 10.7. The third kappa shape index (κ3) is 2.75. The highest BCUT2D eigenvalue weighted by Gasteiger charge is 2.68. The van der Waals surface area contributed by atoms with E-state index in [0.29, 0.717) is 42.5 Å². The van der Waals surface area contributed by atoms with E-state index in [4.69, 9.17) is 18.9 Å². The Labute approximate surface area is 180 Å². The quantitative estimate of drug-likeness (QED) is 0.363. The molecule has 1 aliphatic heterocycles. The van der Waals surface area contributed by atoms with Crippen molar-refractivity contribution in [2.24, 2.45) is 17.3 Å². The standard InChI is InChI=1S/C23H29BrO5/c1-13(25)29-20-10-14-4-5-16-15(17(14)11-19(20)26-3)6-7-22(2)18(16)12-21(24)23(22)27-8-9-28-23/h10-11,15-16,18,21H,4-9,12H2,1-3H3/t15-,16+,18-,21?,22-/m0/s1. The number of carbonyl (C=O) groups is 1. The molecule has 1 heterocycles. The Morgan fingerprint density at radius 3 is 2.66 bits per heavy atom. The first-order valence-corrected chi connectivity index (χ1v) is 11.6. The maximum Gasteiger partial charge on any atom is 0.308 e. The minimum Gasteiger partial charge on any atom is -0.493 e. The predicted molar refractivity (Wildman–Crippen MR) is 112 cm³/mol. The van der Waals surface area contributed by atoms with Gasteiger partial charge in [0.15, 0.2) is 17.3 Å². The van der Waals surface area contributed by atoms with E-state index in [0.717, 1.165) is 32.1 Å². The van der Waals surface area contributed by atoms with Gasteiger partial charge >= 0.3 is 5.97 Å². The van der Waals surface area contributed by atoms with Crippen LogP contribution >= 0.6 is 15.9 Å². The highest BCUT2D eigenvalue weighted by atomic mass is 79.9. The van der Waals surface area contributed by atoms with Crippen LogP contribution in [0.1, 0.15) is 56.6 Å². The Morgan fingerprint density at radius 2 is 1.97 bits per heavy atom. The fourth-order valence-electron chi connectivity index (χ4n) is 6.83. The smallest absolute Gasteiger partial charge is 0.308 e. The molecular formula is C23H29BrO5. The van der Waals surface area contributed by atoms with Crippen molar-refractivity contribution in [3.63, 3.8) is 0 Å². The number of ether oxygens (including phenoxy) is 4. The van der Waals surface area contributed by atoms with Gasteiger partial charge in [-0.25, -0.2) is 0 Å². The summed E-state index contributed by atoms with van der Waals surface area (Å²) >= 11 is 3.93. The Kier molecular flexibility index (Phi) is 4.76. The van der Waals surface area contributed by atoms with E-state index in [1.165, 1.54) is 18.1 Å². The van der Waals surface area contributed by atoms with Crippen molar-refractivity contribution in [2.45, 2.75) is 62.5 Å². The summed E-state index contributed by atoms with van der Waals surface area (Å²) in [6.45, 7) is 5.20. The number of methoxy groups -OCH3 is 1. The number of benzene rings is 1. The molecule has 1 saturated heterocycles. The van der Waals surface area contributed by atoms with E-state index in [9.17, 15) is 4.79 Å². The molecule has 0 aromatic heterocycles. The minimum absolute atomic E-state index is 0.0398. The average Bonchev–Trinajstić information content (AvgIpc) is 3.27. The second kappa shape index (κ2) is 6.96. The van der Waals surface area contributed by atoms with Crippen molar-refractivity contribution in [2.75, 3.05) is 20.3 Å². The molecule has 0 bridgehead atoms. The van der Waals surface area contributed by atoms with Gasteiger partial charge in [0.05, 0.1) is 25.2 Å². The maximum atomic E-state index is 11.5. The van der Waals surface area contributed by atoms with Gasteiger partial charge in [-0.2, -0.15) is 0 Å². The van der Waals surface area contributed by atoms with Crippen LogP contribution in [0.25, 0.3) is 0 Å². The van der Waals surface area contributed by atoms with Crippen LogP contribution in [0.4, 0.5) is 0 Å². The van der Waals surface area contributed by atoms with Gasteiger partial charge in [-0.3, -0.25) is 4.79 Å². The van der Waals surface area contributed by atoms with Crippen LogP contribution in [-0.4, -0.2) is 36.9 Å². The molecule has 1 aromatic rings. The van der Waals surface area contributed by atoms with Crippen molar-refractivity contribution in [3.05, 3.63) is 23.3 Å². The molecule has 2 saturated carbocycles. The zero-order chi connectivity index (χ0) is 20.4. The van der Waals surface area contributed by atoms with Gasteiger partial charge in [-0.15, -0.1) is 0 Å². The lowest BCUT2D eigenvalue weighted by Crippen LogP contribution is -2.53. The van der Waals surface area contributed by atoms with Crippen LogP contribution in [-0.2, 0) is 20.7 Å². The topological polar surface area (TPSA) is 54.0 Å². The van der Waals surface area contributed by atoms with Gasteiger partial charge in [0.25, 0.3) is 0 Å². The summed E-state index contributed by atoms with van der Waals surface area (Å²) in [5.74, 6) is 2.08. The van der Waals surface area contributed by atoms with Crippen LogP contribution in [0, 0.1) is 17.3 Å². The van der Waals surface area contributed by atoms with Gasteiger partial charge < -0.3 is 18.9 Å². The second-order valence-electron chi connectivity index (χ2n) is 9.23. The van der Waals surface area contributed by atoms with Crippen LogP contribution in [0.15, 0.2) is 12.1 Å². The molecule has 4 aliphatic rings. The molecule has 1 spiro atoms. The van der Waals surface area contributed by atoms with E-state index < -0.39 is 5.79 Å². The van der Waals surface area contributed by atoms with Gasteiger partial charge in [0, 0.05) is 12.3 Å². The maximum absolute atomic E-state index is 11.5. The van der Waals surface area contributed by atoms with Gasteiger partial charge in [-0.1, -0.05) is 22.9 Å². The molecule has 1 unspecified atom stereocenters. The summed E-state index contributed by atoms with van der Waals surface area (Å²) in [5, 5.41) is 0. The normalized spacial score (nSPS) is 37.0. The minimum atomic E-state index is -0.472. The molecule has 5 rings (SSSR count). The van der Waals surface area contributed by atoms with Crippen molar-refractivity contribution in [1.29, 1.82) is 0 Å². The molecule has 158 valence electrons. The SMILES string of the molecule is COc1cc2c(cc1OC(C)=O)CC[C@@H]1[C@@H]2CC[C@@]2(C)[C@H]1CC(Br)C21OCCO1. The van der Waals surface area contributed by atoms with Crippen molar-refractivity contribution < 1.29 is 23.7 Å². The van der Waals surface area contributed by atoms with Crippen LogP contribution < -0.4 is 9.47 Å². The van der Waals surface area contributed by atoms with Crippen LogP contribution in [0.3, 0.4) is 0 Å². The first-order chi connectivity index (χ1) is 13.9. The number of carbonyl (C=O) groups excluding carboxylic acids is 1. The molecule has 29 heavy (non-hydrogen) atoms. The van der Waals surface area contributed by atoms with E-state index in [1.54, 1.807) is 7.11 Å². The van der Waals surface area contributed by atoms with E-state index >= 15 is 0 Å². The lowest BCUT2D eigenvalue weighted by Gasteiger charge is -2.53. The van der Waals surface area contributed by atoms with Gasteiger partial charge in [0.2, 0.25) is 0 Å². The molecule has 1 aromatic carbocycles. The highest BCUT2D eigenvalue weighted by Crippen LogP contribution is 2.67. The molecule has 3 aliphatic carbocycles. The van der Waals surface area contributed by atoms with Crippen molar-refractivity contribution in [3.8, 4) is 11.5 Å². The molecular weight excluding hydrogens is 436 g/mol. The fourth-order valence-corrected chi connectivity index (χ4v) is 8.02. The number of hydrogen-bond acceptors (Lipinski definition) is 5. The fraction of sp³-hybridized carbons (Fsp3) is 0.696. The number of aryl methyl sites for hydroxylation is 1.